The minimum absolute atomic E-state index is 0.234. The monoisotopic (exact) mass is 322 g/mol. The number of phenols is 2. The largest absolute Gasteiger partial charge is 0.504 e. The fourth-order valence-electron chi connectivity index (χ4n) is 1.46. The number of nitrogens with zero attached hydrogens (tertiary/aromatic N) is 1. The van der Waals surface area contributed by atoms with Gasteiger partial charge in [0.1, 0.15) is 5.82 Å². The topological polar surface area (TPSA) is 82.5 Å². The minimum atomic E-state index is -0.412. The number of halogens is 1. The molecule has 0 aliphatic carbocycles. The number of hydrogen-bond donors (Lipinski definition) is 3. The van der Waals surface area contributed by atoms with Crippen molar-refractivity contribution < 1.29 is 15.0 Å². The summed E-state index contributed by atoms with van der Waals surface area (Å²) < 4.78 is 0.854. The molecule has 0 radical (unpaired) electrons. The van der Waals surface area contributed by atoms with E-state index in [-0.39, 0.29) is 17.1 Å². The molecule has 0 aliphatic rings. The van der Waals surface area contributed by atoms with Crippen LogP contribution in [0.25, 0.3) is 0 Å². The van der Waals surface area contributed by atoms with Crippen LogP contribution in [0.15, 0.2) is 34.9 Å². The number of hydrogen-bond acceptors (Lipinski definition) is 4. The molecule has 6 heteroatoms. The Morgan fingerprint density at radius 1 is 1.26 bits per heavy atom. The molecule has 0 atom stereocenters. The molecule has 1 aromatic carbocycles. The predicted octanol–water partition coefficient (Wildman–Crippen LogP) is 2.82. The van der Waals surface area contributed by atoms with Crippen molar-refractivity contribution in [2.45, 2.75) is 6.92 Å². The zero-order valence-corrected chi connectivity index (χ0v) is 11.6. The summed E-state index contributed by atoms with van der Waals surface area (Å²) in [5.74, 6) is -0.607. The molecule has 5 nitrogen and oxygen atoms in total. The van der Waals surface area contributed by atoms with Crippen LogP contribution in [-0.4, -0.2) is 21.1 Å². The van der Waals surface area contributed by atoms with Gasteiger partial charge in [-0.2, -0.15) is 0 Å². The summed E-state index contributed by atoms with van der Waals surface area (Å²) >= 11 is 3.32. The van der Waals surface area contributed by atoms with Crippen molar-refractivity contribution in [3.05, 3.63) is 46.1 Å². The molecule has 0 spiro atoms. The highest BCUT2D eigenvalue weighted by Crippen LogP contribution is 2.25. The van der Waals surface area contributed by atoms with Crippen LogP contribution in [-0.2, 0) is 0 Å². The summed E-state index contributed by atoms with van der Waals surface area (Å²) in [6.07, 6.45) is 1.60. The number of aryl methyl sites for hydroxylation is 1. The van der Waals surface area contributed by atoms with Gasteiger partial charge in [-0.15, -0.1) is 0 Å². The fraction of sp³-hybridized carbons (Fsp3) is 0.0769. The maximum atomic E-state index is 11.9. The maximum absolute atomic E-state index is 11.9. The summed E-state index contributed by atoms with van der Waals surface area (Å²) in [5, 5.41) is 21.1. The highest BCUT2D eigenvalue weighted by atomic mass is 79.9. The lowest BCUT2D eigenvalue weighted by molar-refractivity contribution is 0.102. The zero-order chi connectivity index (χ0) is 14.0. The number of aromatic hydroxyl groups is 2. The third-order valence-electron chi connectivity index (χ3n) is 2.53. The molecule has 0 aliphatic heterocycles. The smallest absolute Gasteiger partial charge is 0.256 e. The van der Waals surface area contributed by atoms with Gasteiger partial charge in [-0.3, -0.25) is 4.79 Å². The first-order valence-electron chi connectivity index (χ1n) is 5.43. The molecule has 0 saturated heterocycles. The van der Waals surface area contributed by atoms with Gasteiger partial charge in [-0.05, 0) is 52.7 Å². The first kappa shape index (κ1) is 13.4. The SMILES string of the molecule is Cc1cc(NC(=O)c2ccc(O)c(O)c2)ncc1Br. The van der Waals surface area contributed by atoms with Crippen molar-refractivity contribution in [2.24, 2.45) is 0 Å². The van der Waals surface area contributed by atoms with Gasteiger partial charge in [0.25, 0.3) is 5.91 Å². The van der Waals surface area contributed by atoms with E-state index in [0.29, 0.717) is 5.82 Å². The van der Waals surface area contributed by atoms with E-state index in [9.17, 15) is 15.0 Å². The molecule has 19 heavy (non-hydrogen) atoms. The second-order valence-electron chi connectivity index (χ2n) is 3.98. The standard InChI is InChI=1S/C13H11BrN2O3/c1-7-4-12(15-6-9(7)14)16-13(19)8-2-3-10(17)11(18)5-8/h2-6,17-18H,1H3,(H,15,16,19). The second-order valence-corrected chi connectivity index (χ2v) is 4.83. The summed E-state index contributed by atoms with van der Waals surface area (Å²) in [4.78, 5) is 16.0. The quantitative estimate of drug-likeness (QED) is 0.742. The molecule has 0 saturated carbocycles. The third kappa shape index (κ3) is 3.03. The zero-order valence-electron chi connectivity index (χ0n) is 10.0. The van der Waals surface area contributed by atoms with E-state index in [2.05, 4.69) is 26.2 Å². The van der Waals surface area contributed by atoms with Crippen LogP contribution in [0.1, 0.15) is 15.9 Å². The Morgan fingerprint density at radius 3 is 2.63 bits per heavy atom. The molecule has 2 aromatic rings. The van der Waals surface area contributed by atoms with E-state index in [1.807, 2.05) is 6.92 Å². The lowest BCUT2D eigenvalue weighted by atomic mass is 10.2. The summed E-state index contributed by atoms with van der Waals surface area (Å²) in [5.41, 5.74) is 1.18. The van der Waals surface area contributed by atoms with Crippen molar-refractivity contribution >= 4 is 27.7 Å². The fourth-order valence-corrected chi connectivity index (χ4v) is 1.68. The number of pyridine rings is 1. The number of carbonyl (C=O) groups is 1. The van der Waals surface area contributed by atoms with Crippen LogP contribution in [0, 0.1) is 6.92 Å². The molecule has 0 bridgehead atoms. The molecule has 1 heterocycles. The van der Waals surface area contributed by atoms with Gasteiger partial charge in [-0.1, -0.05) is 0 Å². The van der Waals surface area contributed by atoms with E-state index in [1.165, 1.54) is 18.2 Å². The van der Waals surface area contributed by atoms with E-state index >= 15 is 0 Å². The molecule has 98 valence electrons. The Kier molecular flexibility index (Phi) is 3.71. The molecule has 1 aromatic heterocycles. The average molecular weight is 323 g/mol. The van der Waals surface area contributed by atoms with Gasteiger partial charge < -0.3 is 15.5 Å². The van der Waals surface area contributed by atoms with Crippen LogP contribution in [0.2, 0.25) is 0 Å². The lowest BCUT2D eigenvalue weighted by Gasteiger charge is -2.07. The number of carbonyl (C=O) groups excluding carboxylic acids is 1. The van der Waals surface area contributed by atoms with Crippen LogP contribution in [0.3, 0.4) is 0 Å². The first-order valence-corrected chi connectivity index (χ1v) is 6.22. The summed E-state index contributed by atoms with van der Waals surface area (Å²) in [6.45, 7) is 1.88. The Hall–Kier alpha value is -2.08. The van der Waals surface area contributed by atoms with Crippen molar-refractivity contribution in [3.63, 3.8) is 0 Å². The molecule has 1 amide bonds. The highest BCUT2D eigenvalue weighted by Gasteiger charge is 2.10. The second kappa shape index (κ2) is 5.27. The van der Waals surface area contributed by atoms with Crippen molar-refractivity contribution in [3.8, 4) is 11.5 Å². The Labute approximate surface area is 118 Å². The van der Waals surface area contributed by atoms with Gasteiger partial charge in [-0.25, -0.2) is 4.98 Å². The lowest BCUT2D eigenvalue weighted by Crippen LogP contribution is -2.12. The number of aromatic nitrogens is 1. The van der Waals surface area contributed by atoms with E-state index in [0.717, 1.165) is 10.0 Å². The number of anilines is 1. The van der Waals surface area contributed by atoms with E-state index in [1.54, 1.807) is 12.3 Å². The molecule has 0 fully saturated rings. The van der Waals surface area contributed by atoms with Crippen LogP contribution >= 0.6 is 15.9 Å². The number of benzene rings is 1. The van der Waals surface area contributed by atoms with Gasteiger partial charge >= 0.3 is 0 Å². The molecular formula is C13H11BrN2O3. The summed E-state index contributed by atoms with van der Waals surface area (Å²) in [7, 11) is 0. The van der Waals surface area contributed by atoms with Gasteiger partial charge in [0.15, 0.2) is 11.5 Å². The van der Waals surface area contributed by atoms with Crippen molar-refractivity contribution in [1.29, 1.82) is 0 Å². The van der Waals surface area contributed by atoms with Gasteiger partial charge in [0, 0.05) is 16.2 Å². The first-order chi connectivity index (χ1) is 8.97. The van der Waals surface area contributed by atoms with E-state index < -0.39 is 5.91 Å². The molecular weight excluding hydrogens is 312 g/mol. The molecule has 0 unspecified atom stereocenters. The van der Waals surface area contributed by atoms with Crippen LogP contribution < -0.4 is 5.32 Å². The molecule has 3 N–H and O–H groups in total. The average Bonchev–Trinajstić information content (AvgIpc) is 2.37. The third-order valence-corrected chi connectivity index (χ3v) is 3.36. The maximum Gasteiger partial charge on any atom is 0.256 e. The van der Waals surface area contributed by atoms with Crippen molar-refractivity contribution in [2.75, 3.05) is 5.32 Å². The Balaban J connectivity index is 2.20. The van der Waals surface area contributed by atoms with E-state index in [4.69, 9.17) is 0 Å². The number of phenolic OH excluding ortho intramolecular Hbond substituents is 2. The Morgan fingerprint density at radius 2 is 2.00 bits per heavy atom. The predicted molar refractivity (Wildman–Crippen MR) is 74.4 cm³/mol. The van der Waals surface area contributed by atoms with Gasteiger partial charge in [0.2, 0.25) is 0 Å². The Bertz CT molecular complexity index is 644. The van der Waals surface area contributed by atoms with Crippen molar-refractivity contribution in [1.82, 2.24) is 4.98 Å². The van der Waals surface area contributed by atoms with Crippen LogP contribution in [0.4, 0.5) is 5.82 Å². The number of nitrogens with one attached hydrogen (secondary N) is 1. The van der Waals surface area contributed by atoms with Gasteiger partial charge in [0.05, 0.1) is 0 Å². The van der Waals surface area contributed by atoms with Crippen LogP contribution in [0.5, 0.6) is 11.5 Å². The normalized spacial score (nSPS) is 10.2. The highest BCUT2D eigenvalue weighted by molar-refractivity contribution is 9.10. The minimum Gasteiger partial charge on any atom is -0.504 e. The number of rotatable bonds is 2. The number of amides is 1. The molecule has 2 rings (SSSR count). The summed E-state index contributed by atoms with van der Waals surface area (Å²) in [6, 6.07) is 5.58.